The van der Waals surface area contributed by atoms with Crippen LogP contribution in [0.25, 0.3) is 10.6 Å². The number of amides is 3. The minimum Gasteiger partial charge on any atom is -0.457 e. The first-order valence-corrected chi connectivity index (χ1v) is 26.3. The molecule has 0 saturated carbocycles. The Kier molecular flexibility index (Phi) is 20.4. The molecule has 4 heterocycles. The number of allylic oxidation sites excluding steroid dienone is 2. The summed E-state index contributed by atoms with van der Waals surface area (Å²) in [6, 6.07) is 2.28. The minimum atomic E-state index is -3.16. The summed E-state index contributed by atoms with van der Waals surface area (Å²) in [7, 11) is 3.68. The van der Waals surface area contributed by atoms with Gasteiger partial charge in [0.25, 0.3) is 5.67 Å². The van der Waals surface area contributed by atoms with Crippen LogP contribution >= 0.6 is 11.3 Å². The molecule has 0 spiro atoms. The van der Waals surface area contributed by atoms with Crippen LogP contribution in [0.4, 0.5) is 10.2 Å². The third kappa shape index (κ3) is 15.0. The molecule has 3 aliphatic rings. The fourth-order valence-corrected chi connectivity index (χ4v) is 11.2. The van der Waals surface area contributed by atoms with Crippen molar-refractivity contribution in [2.75, 3.05) is 19.4 Å². The molecule has 406 valence electrons. The number of alkyl halides is 1. The Balaban J connectivity index is 1.55. The van der Waals surface area contributed by atoms with Crippen molar-refractivity contribution in [3.63, 3.8) is 0 Å². The number of likely N-dealkylation sites (N-methyl/N-ethyl adjacent to an activating group) is 1. The minimum absolute atomic E-state index is 0.0112. The van der Waals surface area contributed by atoms with E-state index in [4.69, 9.17) is 35.7 Å². The first-order chi connectivity index (χ1) is 34.2. The van der Waals surface area contributed by atoms with Crippen molar-refractivity contribution in [2.24, 2.45) is 39.8 Å². The average molecular weight is 1040 g/mol. The van der Waals surface area contributed by atoms with Gasteiger partial charge in [0.2, 0.25) is 17.7 Å². The molecule has 1 saturated heterocycles. The van der Waals surface area contributed by atoms with Crippen LogP contribution in [-0.2, 0) is 49.6 Å². The summed E-state index contributed by atoms with van der Waals surface area (Å²) in [6.07, 6.45) is -0.960. The lowest BCUT2D eigenvalue weighted by Crippen LogP contribution is -2.58. The number of primary amides is 1. The van der Waals surface area contributed by atoms with Crippen molar-refractivity contribution < 1.29 is 57.6 Å². The van der Waals surface area contributed by atoms with Gasteiger partial charge in [-0.3, -0.25) is 24.2 Å². The summed E-state index contributed by atoms with van der Waals surface area (Å²) in [6.45, 7) is 15.1. The maximum absolute atomic E-state index is 17.1. The highest BCUT2D eigenvalue weighted by atomic mass is 32.1. The number of ketones is 1. The van der Waals surface area contributed by atoms with E-state index in [1.165, 1.54) is 25.2 Å². The number of aliphatic hydroxyl groups is 2. The van der Waals surface area contributed by atoms with Gasteiger partial charge in [-0.05, 0) is 129 Å². The molecule has 0 aromatic carbocycles. The van der Waals surface area contributed by atoms with Crippen molar-refractivity contribution in [3.8, 4) is 10.6 Å². The largest absolute Gasteiger partial charge is 0.457 e. The smallest absolute Gasteiger partial charge is 0.351 e. The molecule has 1 fully saturated rings. The topological polar surface area (TPSA) is 280 Å². The number of oxime groups is 1. The number of esters is 1. The summed E-state index contributed by atoms with van der Waals surface area (Å²) < 4.78 is 36.1. The zero-order chi connectivity index (χ0) is 54.2. The number of cyclic esters (lactones) is 1. The van der Waals surface area contributed by atoms with Crippen LogP contribution in [-0.4, -0.2) is 128 Å². The van der Waals surface area contributed by atoms with Crippen molar-refractivity contribution in [2.45, 2.75) is 194 Å². The Morgan fingerprint density at radius 1 is 1.10 bits per heavy atom. The maximum atomic E-state index is 17.1. The molecule has 8 N–H and O–H groups in total. The highest BCUT2D eigenvalue weighted by Gasteiger charge is 2.54. The van der Waals surface area contributed by atoms with Crippen molar-refractivity contribution in [3.05, 3.63) is 40.7 Å². The number of nitrogens with one attached hydrogen (secondary N) is 2. The molecule has 5 rings (SSSR count). The molecule has 0 radical (unpaired) electrons. The van der Waals surface area contributed by atoms with E-state index in [1.807, 2.05) is 52.8 Å². The van der Waals surface area contributed by atoms with Crippen LogP contribution in [0.1, 0.15) is 139 Å². The lowest BCUT2D eigenvalue weighted by atomic mass is 9.67. The van der Waals surface area contributed by atoms with E-state index in [2.05, 4.69) is 20.6 Å². The fraction of sp³-hybridized carbons (Fsp3) is 0.692. The number of carbonyl (C=O) groups excluding carboxylic acids is 5. The highest BCUT2D eigenvalue weighted by molar-refractivity contribution is 7.13. The van der Waals surface area contributed by atoms with Gasteiger partial charge in [-0.25, -0.2) is 14.2 Å². The first-order valence-electron chi connectivity index (χ1n) is 25.5. The van der Waals surface area contributed by atoms with E-state index in [1.54, 1.807) is 31.5 Å². The molecule has 13 atom stereocenters. The van der Waals surface area contributed by atoms with Gasteiger partial charge in [0.15, 0.2) is 18.7 Å². The Morgan fingerprint density at radius 2 is 1.81 bits per heavy atom. The second-order valence-electron chi connectivity index (χ2n) is 21.2. The Labute approximate surface area is 432 Å². The lowest BCUT2D eigenvalue weighted by molar-refractivity contribution is -0.287. The van der Waals surface area contributed by atoms with E-state index in [9.17, 15) is 34.2 Å². The Morgan fingerprint density at radius 3 is 2.44 bits per heavy atom. The molecule has 2 aliphatic heterocycles. The molecule has 2 aromatic rings. The second-order valence-corrected chi connectivity index (χ2v) is 22.1. The molecule has 2 aromatic heterocycles. The van der Waals surface area contributed by atoms with Gasteiger partial charge >= 0.3 is 5.97 Å². The summed E-state index contributed by atoms with van der Waals surface area (Å²) >= 11 is 1.29. The Hall–Kier alpha value is -4.77. The standard InChI is InChI=1S/C52H79FN8O11S/c1-12-38-51(8,68)24-32-14-16-34(60-69-26-35-17-15-33(25-56-35)47-58-40(27-73-47)57-46(66)36(54)18-19-39(55)62)20-21-50(7,23-28(3)42(30(32)5)59-41(63)13-2)45(31(6)44(65)52(9,53)49(67)71-38)72-48-43(64)37(61(10)11)22-29(4)70-48/h15,17,25,27-29,31-32,36-38,43,45,48,64,68H,12-14,16,18-24,26,54H2,1-11H3,(H2,55,62)(H,57,66)(H,59,63)/b42-30+,60-34?. The normalized spacial score (nSPS) is 33.9. The monoisotopic (exact) mass is 1040 g/mol. The number of aliphatic hydroxyl groups excluding tert-OH is 1. The Bertz CT molecular complexity index is 2330. The number of hydrogen-bond acceptors (Lipinski definition) is 17. The number of carbonyl (C=O) groups is 5. The number of Topliss-reactive ketones (excluding diaryl/α,β-unsaturated/α-hetero) is 1. The second kappa shape index (κ2) is 25.2. The lowest BCUT2D eigenvalue weighted by Gasteiger charge is -2.47. The van der Waals surface area contributed by atoms with Crippen molar-refractivity contribution in [1.82, 2.24) is 20.2 Å². The number of nitrogens with zero attached hydrogens (tertiary/aromatic N) is 4. The van der Waals surface area contributed by atoms with Crippen molar-refractivity contribution in [1.29, 1.82) is 0 Å². The quantitative estimate of drug-likeness (QED) is 0.0693. The number of anilines is 1. The van der Waals surface area contributed by atoms with E-state index in [0.29, 0.717) is 65.6 Å². The number of ether oxygens (including phenoxy) is 3. The SMILES string of the molecule is CCC(=O)N/C1=C(\C)C2CCC(=NOCc3ccc(-c4nc(NC(=O)C(N)CCC(N)=O)cs4)cn3)CCC(C)(CC1C)C(OC1OC(C)CC(N(C)C)C1O)C(C)C(=O)C(C)(F)C(=O)OC(CC)C(C)(O)C2. The van der Waals surface area contributed by atoms with Gasteiger partial charge in [0, 0.05) is 47.6 Å². The molecule has 21 heteroatoms. The number of thiazole rings is 1. The summed E-state index contributed by atoms with van der Waals surface area (Å²) in [5.41, 5.74) is 8.47. The zero-order valence-corrected chi connectivity index (χ0v) is 45.2. The molecule has 13 unspecified atom stereocenters. The van der Waals surface area contributed by atoms with Crippen LogP contribution in [0.15, 0.2) is 40.1 Å². The summed E-state index contributed by atoms with van der Waals surface area (Å²) in [5.74, 6) is -5.62. The van der Waals surface area contributed by atoms with E-state index in [-0.39, 0.29) is 63.2 Å². The summed E-state index contributed by atoms with van der Waals surface area (Å²) in [5, 5.41) is 36.9. The van der Waals surface area contributed by atoms with Crippen LogP contribution in [0, 0.1) is 23.2 Å². The van der Waals surface area contributed by atoms with Crippen molar-refractivity contribution >= 4 is 52.3 Å². The summed E-state index contributed by atoms with van der Waals surface area (Å²) in [4.78, 5) is 82.7. The molecule has 1 aliphatic carbocycles. The number of nitrogens with two attached hydrogens (primary N) is 2. The van der Waals surface area contributed by atoms with Crippen LogP contribution < -0.4 is 22.1 Å². The van der Waals surface area contributed by atoms with Gasteiger partial charge in [0.1, 0.15) is 23.0 Å². The molecule has 19 nitrogen and oxygen atoms in total. The molecule has 2 bridgehead atoms. The predicted octanol–water partition coefficient (Wildman–Crippen LogP) is 5.85. The predicted molar refractivity (Wildman–Crippen MR) is 274 cm³/mol. The molecule has 3 amide bonds. The third-order valence-corrected chi connectivity index (χ3v) is 15.8. The third-order valence-electron chi connectivity index (χ3n) is 14.9. The first kappa shape index (κ1) is 59.1. The fourth-order valence-electron chi connectivity index (χ4n) is 10.5. The molecule has 73 heavy (non-hydrogen) atoms. The van der Waals surface area contributed by atoms with Gasteiger partial charge in [-0.1, -0.05) is 45.3 Å². The number of hydrogen-bond donors (Lipinski definition) is 6. The number of pyridine rings is 1. The molecular formula is C52H79FN8O11S. The van der Waals surface area contributed by atoms with Gasteiger partial charge in [-0.15, -0.1) is 11.3 Å². The highest BCUT2D eigenvalue weighted by Crippen LogP contribution is 2.47. The van der Waals surface area contributed by atoms with E-state index < -0.39 is 88.6 Å². The van der Waals surface area contributed by atoms with E-state index >= 15 is 4.39 Å². The number of aromatic nitrogens is 2. The van der Waals surface area contributed by atoms with E-state index in [0.717, 1.165) is 12.5 Å². The van der Waals surface area contributed by atoms with Crippen LogP contribution in [0.3, 0.4) is 0 Å². The van der Waals surface area contributed by atoms with Gasteiger partial charge < -0.3 is 56.3 Å². The average Bonchev–Trinajstić information content (AvgIpc) is 3.80. The zero-order valence-electron chi connectivity index (χ0n) is 44.4. The maximum Gasteiger partial charge on any atom is 0.351 e. The number of fused-ring (bicyclic) bond motifs is 4. The number of halogens is 1. The van der Waals surface area contributed by atoms with Gasteiger partial charge in [0.05, 0.1) is 35.3 Å². The number of rotatable bonds is 15. The van der Waals surface area contributed by atoms with Crippen LogP contribution in [0.5, 0.6) is 0 Å². The molecular weight excluding hydrogens is 964 g/mol. The van der Waals surface area contributed by atoms with Gasteiger partial charge in [-0.2, -0.15) is 0 Å². The van der Waals surface area contributed by atoms with Crippen LogP contribution in [0.2, 0.25) is 0 Å².